The standard InChI is InChI=1S/C15H19NO4/c1-10(2)16(8-14(17)18)15(19)12-7-11-5-3-4-6-13(11)20-9-12/h3-6,10,12H,7-9H2,1-2H3,(H,17,18). The lowest BCUT2D eigenvalue weighted by molar-refractivity contribution is -0.148. The van der Waals surface area contributed by atoms with Crippen LogP contribution in [0.4, 0.5) is 0 Å². The van der Waals surface area contributed by atoms with Gasteiger partial charge in [0.1, 0.15) is 18.9 Å². The highest BCUT2D eigenvalue weighted by Gasteiger charge is 2.31. The number of benzene rings is 1. The number of rotatable bonds is 4. The van der Waals surface area contributed by atoms with Crippen LogP contribution in [-0.4, -0.2) is 41.1 Å². The Labute approximate surface area is 118 Å². The number of carbonyl (C=O) groups is 2. The molecule has 0 saturated heterocycles. The summed E-state index contributed by atoms with van der Waals surface area (Å²) in [6.07, 6.45) is 0.595. The number of carboxylic acid groups (broad SMARTS) is 1. The molecule has 1 aliphatic rings. The van der Waals surface area contributed by atoms with Gasteiger partial charge in [-0.1, -0.05) is 18.2 Å². The minimum absolute atomic E-state index is 0.143. The predicted octanol–water partition coefficient (Wildman–Crippen LogP) is 1.56. The molecule has 20 heavy (non-hydrogen) atoms. The quantitative estimate of drug-likeness (QED) is 0.907. The number of carboxylic acids is 1. The van der Waals surface area contributed by atoms with E-state index in [1.165, 1.54) is 4.90 Å². The van der Waals surface area contributed by atoms with E-state index in [0.717, 1.165) is 11.3 Å². The van der Waals surface area contributed by atoms with Crippen molar-refractivity contribution in [1.82, 2.24) is 4.90 Å². The summed E-state index contributed by atoms with van der Waals surface area (Å²) in [7, 11) is 0. The second-order valence-electron chi connectivity index (χ2n) is 5.27. The maximum atomic E-state index is 12.5. The first-order valence-electron chi connectivity index (χ1n) is 6.72. The Kier molecular flexibility index (Phi) is 4.27. The predicted molar refractivity (Wildman–Crippen MR) is 73.6 cm³/mol. The molecule has 1 aromatic carbocycles. The monoisotopic (exact) mass is 277 g/mol. The lowest BCUT2D eigenvalue weighted by Gasteiger charge is -2.31. The average Bonchev–Trinajstić information content (AvgIpc) is 2.43. The normalized spacial score (nSPS) is 17.2. The molecule has 1 heterocycles. The summed E-state index contributed by atoms with van der Waals surface area (Å²) in [5.74, 6) is -0.654. The van der Waals surface area contributed by atoms with Crippen LogP contribution in [0.2, 0.25) is 0 Å². The number of ether oxygens (including phenoxy) is 1. The van der Waals surface area contributed by atoms with Crippen molar-refractivity contribution in [2.24, 2.45) is 5.92 Å². The second-order valence-corrected chi connectivity index (χ2v) is 5.27. The molecule has 1 atom stereocenters. The van der Waals surface area contributed by atoms with Crippen LogP contribution in [0.5, 0.6) is 5.75 Å². The number of hydrogen-bond donors (Lipinski definition) is 1. The van der Waals surface area contributed by atoms with Crippen LogP contribution in [0, 0.1) is 5.92 Å². The minimum Gasteiger partial charge on any atom is -0.492 e. The van der Waals surface area contributed by atoms with Crippen LogP contribution in [0.3, 0.4) is 0 Å². The van der Waals surface area contributed by atoms with E-state index < -0.39 is 5.97 Å². The number of para-hydroxylation sites is 1. The highest BCUT2D eigenvalue weighted by atomic mass is 16.5. The van der Waals surface area contributed by atoms with Crippen molar-refractivity contribution in [2.75, 3.05) is 13.2 Å². The van der Waals surface area contributed by atoms with Gasteiger partial charge in [-0.3, -0.25) is 9.59 Å². The van der Waals surface area contributed by atoms with E-state index in [2.05, 4.69) is 0 Å². The van der Waals surface area contributed by atoms with E-state index in [0.29, 0.717) is 13.0 Å². The topological polar surface area (TPSA) is 66.8 Å². The van der Waals surface area contributed by atoms with Gasteiger partial charge in [-0.25, -0.2) is 0 Å². The number of aliphatic carboxylic acids is 1. The lowest BCUT2D eigenvalue weighted by atomic mass is 9.95. The number of carbonyl (C=O) groups excluding carboxylic acids is 1. The summed E-state index contributed by atoms with van der Waals surface area (Å²) in [4.78, 5) is 24.7. The van der Waals surface area contributed by atoms with Gasteiger partial charge >= 0.3 is 5.97 Å². The van der Waals surface area contributed by atoms with E-state index >= 15 is 0 Å². The van der Waals surface area contributed by atoms with Gasteiger partial charge in [-0.05, 0) is 31.9 Å². The van der Waals surface area contributed by atoms with Crippen molar-refractivity contribution < 1.29 is 19.4 Å². The van der Waals surface area contributed by atoms with E-state index in [4.69, 9.17) is 9.84 Å². The summed E-state index contributed by atoms with van der Waals surface area (Å²) in [5.41, 5.74) is 0.996. The van der Waals surface area contributed by atoms with Crippen LogP contribution < -0.4 is 4.74 Å². The molecule has 0 aliphatic carbocycles. The first kappa shape index (κ1) is 14.4. The highest BCUT2D eigenvalue weighted by Crippen LogP contribution is 2.28. The third-order valence-electron chi connectivity index (χ3n) is 3.44. The van der Waals surface area contributed by atoms with Gasteiger partial charge in [0.2, 0.25) is 5.91 Å². The molecule has 1 aromatic rings. The molecule has 1 unspecified atom stereocenters. The van der Waals surface area contributed by atoms with Crippen LogP contribution >= 0.6 is 0 Å². The van der Waals surface area contributed by atoms with Crippen molar-refractivity contribution in [3.8, 4) is 5.75 Å². The third-order valence-corrected chi connectivity index (χ3v) is 3.44. The summed E-state index contributed by atoms with van der Waals surface area (Å²) < 4.78 is 5.60. The third kappa shape index (κ3) is 3.10. The first-order valence-corrected chi connectivity index (χ1v) is 6.72. The van der Waals surface area contributed by atoms with Gasteiger partial charge in [-0.15, -0.1) is 0 Å². The molecule has 5 heteroatoms. The van der Waals surface area contributed by atoms with Gasteiger partial charge in [0.15, 0.2) is 0 Å². The SMILES string of the molecule is CC(C)N(CC(=O)O)C(=O)C1COc2ccccc2C1. The first-order chi connectivity index (χ1) is 9.49. The van der Waals surface area contributed by atoms with E-state index in [1.54, 1.807) is 0 Å². The molecule has 0 spiro atoms. The number of nitrogens with zero attached hydrogens (tertiary/aromatic N) is 1. The molecular formula is C15H19NO4. The molecule has 5 nitrogen and oxygen atoms in total. The fourth-order valence-electron chi connectivity index (χ4n) is 2.38. The Morgan fingerprint density at radius 2 is 2.10 bits per heavy atom. The zero-order chi connectivity index (χ0) is 14.7. The second kappa shape index (κ2) is 5.94. The Bertz CT molecular complexity index is 512. The molecule has 0 aromatic heterocycles. The van der Waals surface area contributed by atoms with E-state index in [1.807, 2.05) is 38.1 Å². The molecule has 1 N–H and O–H groups in total. The van der Waals surface area contributed by atoms with E-state index in [9.17, 15) is 9.59 Å². The zero-order valence-electron chi connectivity index (χ0n) is 11.7. The number of fused-ring (bicyclic) bond motifs is 1. The number of hydrogen-bond acceptors (Lipinski definition) is 3. The summed E-state index contributed by atoms with van der Waals surface area (Å²) in [5, 5.41) is 8.91. The molecule has 1 aliphatic heterocycles. The molecule has 108 valence electrons. The fourth-order valence-corrected chi connectivity index (χ4v) is 2.38. The maximum Gasteiger partial charge on any atom is 0.323 e. The van der Waals surface area contributed by atoms with Crippen LogP contribution in [0.1, 0.15) is 19.4 Å². The van der Waals surface area contributed by atoms with Crippen molar-refractivity contribution in [1.29, 1.82) is 0 Å². The Balaban J connectivity index is 2.11. The molecule has 0 saturated carbocycles. The number of amides is 1. The van der Waals surface area contributed by atoms with Crippen molar-refractivity contribution >= 4 is 11.9 Å². The molecule has 0 bridgehead atoms. The largest absolute Gasteiger partial charge is 0.492 e. The minimum atomic E-state index is -0.996. The zero-order valence-corrected chi connectivity index (χ0v) is 11.7. The van der Waals surface area contributed by atoms with Crippen LogP contribution in [0.15, 0.2) is 24.3 Å². The van der Waals surface area contributed by atoms with Gasteiger partial charge in [0.05, 0.1) is 5.92 Å². The molecule has 0 fully saturated rings. The lowest BCUT2D eigenvalue weighted by Crippen LogP contribution is -2.46. The maximum absolute atomic E-state index is 12.5. The summed E-state index contributed by atoms with van der Waals surface area (Å²) in [6, 6.07) is 7.48. The van der Waals surface area contributed by atoms with Gasteiger partial charge in [0, 0.05) is 6.04 Å². The summed E-state index contributed by atoms with van der Waals surface area (Å²) in [6.45, 7) is 3.67. The Hall–Kier alpha value is -2.04. The van der Waals surface area contributed by atoms with Crippen LogP contribution in [-0.2, 0) is 16.0 Å². The fraction of sp³-hybridized carbons (Fsp3) is 0.467. The summed E-state index contributed by atoms with van der Waals surface area (Å²) >= 11 is 0. The van der Waals surface area contributed by atoms with Gasteiger partial charge in [0.25, 0.3) is 0 Å². The van der Waals surface area contributed by atoms with Gasteiger partial charge < -0.3 is 14.7 Å². The van der Waals surface area contributed by atoms with E-state index in [-0.39, 0.29) is 24.4 Å². The van der Waals surface area contributed by atoms with Crippen molar-refractivity contribution in [2.45, 2.75) is 26.3 Å². The molecule has 2 rings (SSSR count). The van der Waals surface area contributed by atoms with Crippen molar-refractivity contribution in [3.63, 3.8) is 0 Å². The van der Waals surface area contributed by atoms with Crippen molar-refractivity contribution in [3.05, 3.63) is 29.8 Å². The molecule has 1 amide bonds. The average molecular weight is 277 g/mol. The van der Waals surface area contributed by atoms with Crippen LogP contribution in [0.25, 0.3) is 0 Å². The Morgan fingerprint density at radius 3 is 2.75 bits per heavy atom. The smallest absolute Gasteiger partial charge is 0.323 e. The Morgan fingerprint density at radius 1 is 1.40 bits per heavy atom. The highest BCUT2D eigenvalue weighted by molar-refractivity contribution is 5.84. The molecular weight excluding hydrogens is 258 g/mol. The van der Waals surface area contributed by atoms with Gasteiger partial charge in [-0.2, -0.15) is 0 Å². The molecule has 0 radical (unpaired) electrons.